The van der Waals surface area contributed by atoms with E-state index in [1.54, 1.807) is 22.8 Å². The largest absolute Gasteiger partial charge is 0.324 e. The Balaban J connectivity index is 1.43. The van der Waals surface area contributed by atoms with E-state index < -0.39 is 5.92 Å². The molecule has 0 aliphatic heterocycles. The fourth-order valence-electron chi connectivity index (χ4n) is 4.09. The molecule has 5 rings (SSSR count). The first-order valence-electron chi connectivity index (χ1n) is 9.61. The van der Waals surface area contributed by atoms with Crippen molar-refractivity contribution in [2.24, 2.45) is 0 Å². The minimum Gasteiger partial charge on any atom is -0.324 e. The van der Waals surface area contributed by atoms with Gasteiger partial charge in [-0.05, 0) is 12.5 Å². The molecule has 1 amide bonds. The van der Waals surface area contributed by atoms with E-state index in [1.807, 2.05) is 6.07 Å². The number of halogens is 2. The third kappa shape index (κ3) is 3.26. The first-order chi connectivity index (χ1) is 15.3. The molecule has 10 nitrogen and oxygen atoms in total. The minimum absolute atomic E-state index is 0.143. The Kier molecular flexibility index (Phi) is 4.62. The molecule has 1 atom stereocenters. The molecule has 0 saturated carbocycles. The molecule has 1 aliphatic carbocycles. The summed E-state index contributed by atoms with van der Waals surface area (Å²) in [6.45, 7) is 4.13. The number of hydrogen-bond donors (Lipinski definition) is 1. The van der Waals surface area contributed by atoms with Gasteiger partial charge in [-0.3, -0.25) is 4.79 Å². The van der Waals surface area contributed by atoms with Gasteiger partial charge >= 0.3 is 0 Å². The topological polar surface area (TPSA) is 127 Å². The van der Waals surface area contributed by atoms with Crippen molar-refractivity contribution in [1.29, 1.82) is 5.26 Å². The predicted octanol–water partition coefficient (Wildman–Crippen LogP) is 3.29. The summed E-state index contributed by atoms with van der Waals surface area (Å²) in [6, 6.07) is 5.14. The van der Waals surface area contributed by atoms with Crippen LogP contribution in [0.2, 0.25) is 10.2 Å². The van der Waals surface area contributed by atoms with Crippen LogP contribution < -0.4 is 5.32 Å². The van der Waals surface area contributed by atoms with Gasteiger partial charge in [0.25, 0.3) is 0 Å². The van der Waals surface area contributed by atoms with Crippen LogP contribution in [0.5, 0.6) is 0 Å². The first kappa shape index (κ1) is 20.4. The number of fused-ring (bicyclic) bond motifs is 3. The molecule has 32 heavy (non-hydrogen) atoms. The zero-order valence-electron chi connectivity index (χ0n) is 16.9. The molecular weight excluding hydrogens is 453 g/mol. The second-order valence-corrected chi connectivity index (χ2v) is 8.88. The molecule has 1 N–H and O–H groups in total. The lowest BCUT2D eigenvalue weighted by molar-refractivity contribution is -0.117. The molecule has 4 heterocycles. The molecule has 0 aromatic carbocycles. The number of nitrogens with zero attached hydrogens (tertiary/aromatic N) is 8. The lowest BCUT2D eigenvalue weighted by atomic mass is 9.88. The van der Waals surface area contributed by atoms with Gasteiger partial charge in [0.2, 0.25) is 5.91 Å². The van der Waals surface area contributed by atoms with Gasteiger partial charge in [0, 0.05) is 23.2 Å². The van der Waals surface area contributed by atoms with E-state index in [0.717, 1.165) is 16.1 Å². The fraction of sp³-hybridized carbons (Fsp3) is 0.250. The summed E-state index contributed by atoms with van der Waals surface area (Å²) in [5.41, 5.74) is 2.63. The third-order valence-electron chi connectivity index (χ3n) is 5.41. The molecule has 1 unspecified atom stereocenters. The highest BCUT2D eigenvalue weighted by atomic mass is 35.5. The standard InChI is InChI=1S/C20H15Cl2N9O/c1-20(2)5-12(13-9-24-16-4-15(22)29-30(16)17(13)20)19(32)27-10-3-14(21)18(25-7-10)31-26-8-11(6-23)28-31/h3-4,7-9,12H,5H2,1-2H3,(H,27,32). The van der Waals surface area contributed by atoms with Crippen LogP contribution in [0, 0.1) is 11.3 Å². The Hall–Kier alpha value is -3.55. The van der Waals surface area contributed by atoms with Crippen molar-refractivity contribution in [2.75, 3.05) is 5.32 Å². The number of anilines is 1. The molecule has 0 radical (unpaired) electrons. The molecule has 12 heteroatoms. The van der Waals surface area contributed by atoms with Crippen LogP contribution in [-0.2, 0) is 10.2 Å². The summed E-state index contributed by atoms with van der Waals surface area (Å²) < 4.78 is 1.71. The Morgan fingerprint density at radius 2 is 2.03 bits per heavy atom. The van der Waals surface area contributed by atoms with Gasteiger partial charge in [-0.15, -0.1) is 9.90 Å². The number of nitriles is 1. The molecule has 0 bridgehead atoms. The second-order valence-electron chi connectivity index (χ2n) is 8.09. The minimum atomic E-state index is -0.427. The van der Waals surface area contributed by atoms with E-state index >= 15 is 0 Å². The van der Waals surface area contributed by atoms with Gasteiger partial charge in [0.15, 0.2) is 22.3 Å². The number of carbonyl (C=O) groups is 1. The van der Waals surface area contributed by atoms with Crippen LogP contribution in [0.25, 0.3) is 11.5 Å². The quantitative estimate of drug-likeness (QED) is 0.489. The van der Waals surface area contributed by atoms with Crippen molar-refractivity contribution in [1.82, 2.24) is 34.6 Å². The summed E-state index contributed by atoms with van der Waals surface area (Å²) in [4.78, 5) is 23.0. The van der Waals surface area contributed by atoms with Crippen molar-refractivity contribution in [2.45, 2.75) is 31.6 Å². The molecular formula is C20H15Cl2N9O. The molecule has 160 valence electrons. The lowest BCUT2D eigenvalue weighted by Gasteiger charge is -2.19. The monoisotopic (exact) mass is 467 g/mol. The Morgan fingerprint density at radius 1 is 1.22 bits per heavy atom. The Labute approximate surface area is 191 Å². The molecule has 4 aromatic heterocycles. The highest BCUT2D eigenvalue weighted by Crippen LogP contribution is 2.46. The number of nitrogens with one attached hydrogen (secondary N) is 1. The zero-order chi connectivity index (χ0) is 22.6. The smallest absolute Gasteiger partial charge is 0.232 e. The molecule has 1 aliphatic rings. The van der Waals surface area contributed by atoms with Gasteiger partial charge in [-0.1, -0.05) is 37.0 Å². The van der Waals surface area contributed by atoms with Crippen molar-refractivity contribution >= 4 is 40.4 Å². The average Bonchev–Trinajstić information content (AvgIpc) is 3.42. The van der Waals surface area contributed by atoms with Crippen LogP contribution in [-0.4, -0.2) is 40.5 Å². The van der Waals surface area contributed by atoms with Gasteiger partial charge in [0.1, 0.15) is 6.07 Å². The van der Waals surface area contributed by atoms with E-state index in [2.05, 4.69) is 44.4 Å². The lowest BCUT2D eigenvalue weighted by Crippen LogP contribution is -2.21. The van der Waals surface area contributed by atoms with Crippen molar-refractivity contribution in [3.63, 3.8) is 0 Å². The van der Waals surface area contributed by atoms with Gasteiger partial charge in [0.05, 0.1) is 34.7 Å². The summed E-state index contributed by atoms with van der Waals surface area (Å²) in [5, 5.41) is 24.6. The van der Waals surface area contributed by atoms with Gasteiger partial charge in [-0.25, -0.2) is 14.5 Å². The molecule has 0 spiro atoms. The summed E-state index contributed by atoms with van der Waals surface area (Å²) >= 11 is 12.4. The van der Waals surface area contributed by atoms with E-state index in [-0.39, 0.29) is 27.9 Å². The number of carbonyl (C=O) groups excluding carboxylic acids is 1. The van der Waals surface area contributed by atoms with Crippen LogP contribution in [0.4, 0.5) is 5.69 Å². The number of hydrogen-bond acceptors (Lipinski definition) is 7. The van der Waals surface area contributed by atoms with E-state index in [0.29, 0.717) is 22.9 Å². The maximum absolute atomic E-state index is 13.2. The van der Waals surface area contributed by atoms with Crippen molar-refractivity contribution < 1.29 is 4.79 Å². The molecule has 0 saturated heterocycles. The number of aromatic nitrogens is 7. The average molecular weight is 468 g/mol. The van der Waals surface area contributed by atoms with Crippen LogP contribution in [0.15, 0.2) is 30.7 Å². The first-order valence-corrected chi connectivity index (χ1v) is 10.4. The van der Waals surface area contributed by atoms with Gasteiger partial charge < -0.3 is 5.32 Å². The highest BCUT2D eigenvalue weighted by Gasteiger charge is 2.43. The Bertz CT molecular complexity index is 1430. The molecule has 4 aromatic rings. The zero-order valence-corrected chi connectivity index (χ0v) is 18.4. The van der Waals surface area contributed by atoms with E-state index in [4.69, 9.17) is 28.5 Å². The number of amides is 1. The maximum atomic E-state index is 13.2. The van der Waals surface area contributed by atoms with Crippen LogP contribution in [0.1, 0.15) is 43.1 Å². The number of rotatable bonds is 3. The van der Waals surface area contributed by atoms with Gasteiger partial charge in [-0.2, -0.15) is 15.5 Å². The fourth-order valence-corrected chi connectivity index (χ4v) is 4.51. The summed E-state index contributed by atoms with van der Waals surface area (Å²) in [7, 11) is 0. The van der Waals surface area contributed by atoms with Crippen LogP contribution in [0.3, 0.4) is 0 Å². The van der Waals surface area contributed by atoms with Crippen molar-refractivity contribution in [3.8, 4) is 11.9 Å². The van der Waals surface area contributed by atoms with Crippen LogP contribution >= 0.6 is 23.2 Å². The normalized spacial score (nSPS) is 16.7. The SMILES string of the molecule is CC1(C)CC(C(=O)Nc2cnc(-n3ncc(C#N)n3)c(Cl)c2)c2cnc3cc(Cl)nn3c21. The Morgan fingerprint density at radius 3 is 2.75 bits per heavy atom. The second kappa shape index (κ2) is 7.25. The molecule has 0 fully saturated rings. The maximum Gasteiger partial charge on any atom is 0.232 e. The third-order valence-corrected chi connectivity index (χ3v) is 5.88. The van der Waals surface area contributed by atoms with Crippen molar-refractivity contribution in [3.05, 3.63) is 57.9 Å². The van der Waals surface area contributed by atoms with E-state index in [1.165, 1.54) is 12.4 Å². The number of pyridine rings is 1. The summed E-state index contributed by atoms with van der Waals surface area (Å²) in [6.07, 6.45) is 5.07. The predicted molar refractivity (Wildman–Crippen MR) is 116 cm³/mol. The summed E-state index contributed by atoms with van der Waals surface area (Å²) in [5.74, 6) is -0.379. The van der Waals surface area contributed by atoms with E-state index in [9.17, 15) is 4.79 Å². The highest BCUT2D eigenvalue weighted by molar-refractivity contribution is 6.32.